The van der Waals surface area contributed by atoms with Gasteiger partial charge in [-0.2, -0.15) is 0 Å². The summed E-state index contributed by atoms with van der Waals surface area (Å²) in [6, 6.07) is 10.6. The highest BCUT2D eigenvalue weighted by atomic mass is 32.1. The molecule has 1 fully saturated rings. The smallest absolute Gasteiger partial charge is 0.232 e. The van der Waals surface area contributed by atoms with Gasteiger partial charge in [0.2, 0.25) is 5.91 Å². The Bertz CT molecular complexity index is 973. The Hall–Kier alpha value is -2.27. The minimum absolute atomic E-state index is 0.116. The van der Waals surface area contributed by atoms with Gasteiger partial charge in [0.15, 0.2) is 5.13 Å². The van der Waals surface area contributed by atoms with Crippen molar-refractivity contribution in [2.75, 3.05) is 4.90 Å². The molecular weight excluding hydrogens is 378 g/mol. The van der Waals surface area contributed by atoms with E-state index >= 15 is 0 Å². The second kappa shape index (κ2) is 9.04. The van der Waals surface area contributed by atoms with Crippen LogP contribution >= 0.6 is 11.3 Å². The highest BCUT2D eigenvalue weighted by Crippen LogP contribution is 2.34. The predicted molar refractivity (Wildman–Crippen MR) is 120 cm³/mol. The first-order valence-corrected chi connectivity index (χ1v) is 11.6. The van der Waals surface area contributed by atoms with Crippen LogP contribution in [0.25, 0.3) is 10.2 Å². The first-order valence-electron chi connectivity index (χ1n) is 10.8. The first-order chi connectivity index (χ1) is 14.2. The number of nitrogens with zero attached hydrogens (tertiary/aromatic N) is 3. The maximum Gasteiger partial charge on any atom is 0.232 e. The number of carbonyl (C=O) groups is 1. The second-order valence-electron chi connectivity index (χ2n) is 7.92. The molecular formula is C24H29N3OS. The number of hydrogen-bond acceptors (Lipinski definition) is 4. The number of pyridine rings is 1. The molecule has 1 amide bonds. The van der Waals surface area contributed by atoms with Gasteiger partial charge in [-0.05, 0) is 55.0 Å². The average Bonchev–Trinajstić information content (AvgIpc) is 3.21. The third-order valence-corrected chi connectivity index (χ3v) is 6.93. The lowest BCUT2D eigenvalue weighted by Crippen LogP contribution is -2.36. The Morgan fingerprint density at radius 3 is 2.55 bits per heavy atom. The van der Waals surface area contributed by atoms with Gasteiger partial charge in [0.25, 0.3) is 0 Å². The molecule has 2 heterocycles. The quantitative estimate of drug-likeness (QED) is 0.509. The number of thiazole rings is 1. The Morgan fingerprint density at radius 1 is 1.07 bits per heavy atom. The molecule has 0 unspecified atom stereocenters. The summed E-state index contributed by atoms with van der Waals surface area (Å²) in [5.41, 5.74) is 4.41. The van der Waals surface area contributed by atoms with Crippen LogP contribution in [0.15, 0.2) is 36.5 Å². The monoisotopic (exact) mass is 407 g/mol. The van der Waals surface area contributed by atoms with Gasteiger partial charge in [0.05, 0.1) is 16.8 Å². The number of fused-ring (bicyclic) bond motifs is 1. The van der Waals surface area contributed by atoms with Gasteiger partial charge in [-0.25, -0.2) is 4.98 Å². The summed E-state index contributed by atoms with van der Waals surface area (Å²) in [4.78, 5) is 24.8. The fourth-order valence-corrected chi connectivity index (χ4v) is 5.08. The molecule has 1 saturated carbocycles. The van der Waals surface area contributed by atoms with Crippen molar-refractivity contribution in [1.82, 2.24) is 9.97 Å². The topological polar surface area (TPSA) is 46.1 Å². The molecule has 0 saturated heterocycles. The largest absolute Gasteiger partial charge is 0.283 e. The summed E-state index contributed by atoms with van der Waals surface area (Å²) in [5, 5.41) is 0.809. The molecule has 3 aromatic rings. The lowest BCUT2D eigenvalue weighted by atomic mass is 9.88. The minimum Gasteiger partial charge on any atom is -0.283 e. The second-order valence-corrected chi connectivity index (χ2v) is 8.93. The molecule has 2 aromatic heterocycles. The molecule has 1 aromatic carbocycles. The molecule has 1 aliphatic carbocycles. The molecule has 4 rings (SSSR count). The van der Waals surface area contributed by atoms with Crippen molar-refractivity contribution in [2.45, 2.75) is 65.3 Å². The summed E-state index contributed by atoms with van der Waals surface area (Å²) >= 11 is 1.63. The van der Waals surface area contributed by atoms with Crippen molar-refractivity contribution in [2.24, 2.45) is 5.92 Å². The maximum absolute atomic E-state index is 13.5. The van der Waals surface area contributed by atoms with Crippen molar-refractivity contribution < 1.29 is 4.79 Å². The zero-order valence-electron chi connectivity index (χ0n) is 17.4. The number of benzene rings is 1. The van der Waals surface area contributed by atoms with Crippen LogP contribution in [-0.4, -0.2) is 15.9 Å². The molecule has 0 atom stereocenters. The molecule has 0 spiro atoms. The predicted octanol–water partition coefficient (Wildman–Crippen LogP) is 5.93. The molecule has 0 radical (unpaired) electrons. The van der Waals surface area contributed by atoms with Crippen molar-refractivity contribution in [3.05, 3.63) is 53.3 Å². The van der Waals surface area contributed by atoms with Crippen LogP contribution in [0, 0.1) is 5.92 Å². The lowest BCUT2D eigenvalue weighted by molar-refractivity contribution is -0.123. The van der Waals surface area contributed by atoms with Crippen molar-refractivity contribution in [3.63, 3.8) is 0 Å². The molecule has 4 nitrogen and oxygen atoms in total. The summed E-state index contributed by atoms with van der Waals surface area (Å²) < 4.78 is 1.15. The summed E-state index contributed by atoms with van der Waals surface area (Å²) in [6.45, 7) is 4.80. The SMILES string of the molecule is CCc1ccc2nc(N(Cc3ccc(CC)nc3)C(=O)C3CCCCC3)sc2c1. The van der Waals surface area contributed by atoms with E-state index in [1.165, 1.54) is 12.0 Å². The molecule has 0 N–H and O–H groups in total. The summed E-state index contributed by atoms with van der Waals surface area (Å²) in [6.07, 6.45) is 9.36. The number of carbonyl (C=O) groups excluding carboxylic acids is 1. The van der Waals surface area contributed by atoms with Gasteiger partial charge in [0, 0.05) is 17.8 Å². The summed E-state index contributed by atoms with van der Waals surface area (Å²) in [5.74, 6) is 0.337. The standard InChI is InChI=1S/C24H29N3OS/c1-3-17-11-13-21-22(14-17)29-24(26-21)27(23(28)19-8-6-5-7-9-19)16-18-10-12-20(4-2)25-15-18/h10-15,19H,3-9,16H2,1-2H3. The van der Waals surface area contributed by atoms with Crippen LogP contribution in [0.4, 0.5) is 5.13 Å². The van der Waals surface area contributed by atoms with E-state index in [2.05, 4.69) is 49.2 Å². The number of amides is 1. The highest BCUT2D eigenvalue weighted by molar-refractivity contribution is 7.22. The van der Waals surface area contributed by atoms with E-state index in [-0.39, 0.29) is 11.8 Å². The average molecular weight is 408 g/mol. The third kappa shape index (κ3) is 4.50. The van der Waals surface area contributed by atoms with E-state index in [9.17, 15) is 4.79 Å². The van der Waals surface area contributed by atoms with Gasteiger partial charge in [-0.1, -0.05) is 56.6 Å². The van der Waals surface area contributed by atoms with E-state index in [0.29, 0.717) is 6.54 Å². The van der Waals surface area contributed by atoms with E-state index < -0.39 is 0 Å². The minimum atomic E-state index is 0.116. The number of aryl methyl sites for hydroxylation is 2. The molecule has 152 valence electrons. The maximum atomic E-state index is 13.5. The third-order valence-electron chi connectivity index (χ3n) is 5.89. The van der Waals surface area contributed by atoms with Crippen LogP contribution in [-0.2, 0) is 24.2 Å². The number of rotatable bonds is 6. The van der Waals surface area contributed by atoms with Gasteiger partial charge in [0.1, 0.15) is 0 Å². The highest BCUT2D eigenvalue weighted by Gasteiger charge is 2.29. The van der Waals surface area contributed by atoms with E-state index in [1.807, 2.05) is 11.1 Å². The Morgan fingerprint density at radius 2 is 1.86 bits per heavy atom. The molecule has 0 bridgehead atoms. The van der Waals surface area contributed by atoms with E-state index in [1.54, 1.807) is 11.3 Å². The molecule has 5 heteroatoms. The Kier molecular flexibility index (Phi) is 6.24. The van der Waals surface area contributed by atoms with Gasteiger partial charge in [-0.3, -0.25) is 14.7 Å². The van der Waals surface area contributed by atoms with Crippen LogP contribution in [0.1, 0.15) is 62.8 Å². The first kappa shape index (κ1) is 20.0. The van der Waals surface area contributed by atoms with Crippen LogP contribution < -0.4 is 4.90 Å². The lowest BCUT2D eigenvalue weighted by Gasteiger charge is -2.27. The normalized spacial score (nSPS) is 15.0. The van der Waals surface area contributed by atoms with Gasteiger partial charge >= 0.3 is 0 Å². The molecule has 1 aliphatic rings. The van der Waals surface area contributed by atoms with Gasteiger partial charge in [-0.15, -0.1) is 0 Å². The van der Waals surface area contributed by atoms with Crippen molar-refractivity contribution >= 4 is 32.6 Å². The zero-order chi connectivity index (χ0) is 20.2. The van der Waals surface area contributed by atoms with E-state index in [4.69, 9.17) is 4.98 Å². The zero-order valence-corrected chi connectivity index (χ0v) is 18.2. The molecule has 0 aliphatic heterocycles. The van der Waals surface area contributed by atoms with Crippen LogP contribution in [0.3, 0.4) is 0 Å². The van der Waals surface area contributed by atoms with Gasteiger partial charge < -0.3 is 0 Å². The van der Waals surface area contributed by atoms with Crippen molar-refractivity contribution in [1.29, 1.82) is 0 Å². The number of anilines is 1. The fourth-order valence-electron chi connectivity index (χ4n) is 4.04. The number of aromatic nitrogens is 2. The van der Waals surface area contributed by atoms with Crippen LogP contribution in [0.2, 0.25) is 0 Å². The summed E-state index contributed by atoms with van der Waals surface area (Å²) in [7, 11) is 0. The van der Waals surface area contributed by atoms with E-state index in [0.717, 1.165) is 65.1 Å². The molecule has 29 heavy (non-hydrogen) atoms. The van der Waals surface area contributed by atoms with Crippen molar-refractivity contribution in [3.8, 4) is 0 Å². The van der Waals surface area contributed by atoms with Crippen LogP contribution in [0.5, 0.6) is 0 Å². The Labute approximate surface area is 177 Å². The fraction of sp³-hybridized carbons (Fsp3) is 0.458. The Balaban J connectivity index is 1.67. The number of hydrogen-bond donors (Lipinski definition) is 0.